The Balaban J connectivity index is 1.64. The van der Waals surface area contributed by atoms with Gasteiger partial charge in [0.15, 0.2) is 0 Å². The van der Waals surface area contributed by atoms with Crippen LogP contribution in [0.2, 0.25) is 0 Å². The Morgan fingerprint density at radius 2 is 1.97 bits per heavy atom. The summed E-state index contributed by atoms with van der Waals surface area (Å²) >= 11 is 0. The normalized spacial score (nSPS) is 15.3. The third kappa shape index (κ3) is 2.95. The number of H-pyrrole nitrogens is 1. The van der Waals surface area contributed by atoms with Crippen LogP contribution >= 0.6 is 0 Å². The topological polar surface area (TPSA) is 72.3 Å². The molecule has 0 saturated carbocycles. The van der Waals surface area contributed by atoms with Crippen LogP contribution in [0.4, 0.5) is 0 Å². The number of aromatic amines is 1. The summed E-state index contributed by atoms with van der Waals surface area (Å²) < 4.78 is 2.29. The highest BCUT2D eigenvalue weighted by molar-refractivity contribution is 5.96. The molecule has 0 spiro atoms. The molecule has 6 nitrogen and oxygen atoms in total. The number of allylic oxidation sites excluding steroid dienone is 1. The fourth-order valence-electron chi connectivity index (χ4n) is 4.47. The average molecular weight is 404 g/mol. The molecule has 1 N–H and O–H groups in total. The Labute approximate surface area is 179 Å². The molecule has 1 aliphatic carbocycles. The molecule has 0 fully saturated rings. The number of fused-ring (bicyclic) bond motifs is 3. The lowest BCUT2D eigenvalue weighted by molar-refractivity contribution is 0.718. The van der Waals surface area contributed by atoms with Crippen molar-refractivity contribution in [3.05, 3.63) is 84.2 Å². The van der Waals surface area contributed by atoms with Crippen LogP contribution in [-0.4, -0.2) is 30.2 Å². The summed E-state index contributed by atoms with van der Waals surface area (Å²) in [6.45, 7) is 2.26. The van der Waals surface area contributed by atoms with E-state index in [-0.39, 0.29) is 0 Å². The summed E-state index contributed by atoms with van der Waals surface area (Å²) in [6, 6.07) is 19.1. The van der Waals surface area contributed by atoms with Gasteiger partial charge in [0.05, 0.1) is 11.2 Å². The first-order chi connectivity index (χ1) is 15.3. The van der Waals surface area contributed by atoms with Crippen molar-refractivity contribution in [3.8, 4) is 28.3 Å². The monoisotopic (exact) mass is 404 g/mol. The van der Waals surface area contributed by atoms with Crippen molar-refractivity contribution in [1.29, 1.82) is 0 Å². The number of aromatic nitrogens is 6. The fraction of sp³-hybridized carbons (Fsp3) is 0.120. The van der Waals surface area contributed by atoms with E-state index in [0.717, 1.165) is 28.9 Å². The summed E-state index contributed by atoms with van der Waals surface area (Å²) in [5.41, 5.74) is 8.02. The predicted octanol–water partition coefficient (Wildman–Crippen LogP) is 5.08. The van der Waals surface area contributed by atoms with E-state index in [1.165, 1.54) is 22.0 Å². The molecule has 6 rings (SSSR count). The van der Waals surface area contributed by atoms with Crippen molar-refractivity contribution >= 4 is 17.0 Å². The lowest BCUT2D eigenvalue weighted by atomic mass is 9.89. The van der Waals surface area contributed by atoms with Gasteiger partial charge in [-0.3, -0.25) is 4.98 Å². The summed E-state index contributed by atoms with van der Waals surface area (Å²) in [6.07, 6.45) is 9.37. The molecule has 0 radical (unpaired) electrons. The minimum absolute atomic E-state index is 0.566. The van der Waals surface area contributed by atoms with Crippen molar-refractivity contribution in [2.75, 3.05) is 0 Å². The van der Waals surface area contributed by atoms with E-state index < -0.39 is 0 Å². The molecule has 0 saturated heterocycles. The minimum atomic E-state index is 0.566. The number of benzene rings is 2. The van der Waals surface area contributed by atoms with Crippen LogP contribution in [0.15, 0.2) is 73.1 Å². The molecular formula is C25H20N6. The first kappa shape index (κ1) is 17.8. The Kier molecular flexibility index (Phi) is 4.02. The Hall–Kier alpha value is -4.06. The first-order valence-corrected chi connectivity index (χ1v) is 10.4. The molecule has 2 aromatic carbocycles. The summed E-state index contributed by atoms with van der Waals surface area (Å²) in [5.74, 6) is 1.15. The van der Waals surface area contributed by atoms with Crippen LogP contribution in [0.3, 0.4) is 0 Å². The van der Waals surface area contributed by atoms with Gasteiger partial charge in [-0.2, -0.15) is 5.21 Å². The Morgan fingerprint density at radius 3 is 2.81 bits per heavy atom. The number of tetrazole rings is 1. The maximum absolute atomic E-state index is 4.36. The van der Waals surface area contributed by atoms with E-state index in [9.17, 15) is 0 Å². The van der Waals surface area contributed by atoms with Crippen LogP contribution in [0.1, 0.15) is 18.1 Å². The molecule has 31 heavy (non-hydrogen) atoms. The molecule has 6 heteroatoms. The van der Waals surface area contributed by atoms with Gasteiger partial charge >= 0.3 is 0 Å². The van der Waals surface area contributed by atoms with Crippen molar-refractivity contribution in [2.45, 2.75) is 13.3 Å². The number of hydrogen-bond donors (Lipinski definition) is 1. The van der Waals surface area contributed by atoms with Gasteiger partial charge in [-0.15, -0.1) is 10.2 Å². The standard InChI is InChI=1S/C25H20N6/c1-16-7-9-21-17(12-16)8-10-23-22(21)14-24(19-5-3-11-26-15-19)31(23)20-6-2-4-18(13-20)25-27-29-30-28-25/h2-11,13-16H,12H2,1H3,(H,27,28,29,30)/t16-/m0/s1. The molecule has 1 aliphatic rings. The van der Waals surface area contributed by atoms with Crippen LogP contribution in [0.25, 0.3) is 45.3 Å². The maximum atomic E-state index is 4.36. The van der Waals surface area contributed by atoms with Crippen LogP contribution in [0.5, 0.6) is 0 Å². The van der Waals surface area contributed by atoms with E-state index in [4.69, 9.17) is 0 Å². The number of hydrogen-bond acceptors (Lipinski definition) is 4. The van der Waals surface area contributed by atoms with Gasteiger partial charge in [0.1, 0.15) is 0 Å². The third-order valence-electron chi connectivity index (χ3n) is 5.92. The zero-order valence-corrected chi connectivity index (χ0v) is 17.0. The lowest BCUT2D eigenvalue weighted by Gasteiger charge is -2.17. The van der Waals surface area contributed by atoms with Crippen molar-refractivity contribution in [3.63, 3.8) is 0 Å². The summed E-state index contributed by atoms with van der Waals surface area (Å²) in [5, 5.41) is 15.8. The van der Waals surface area contributed by atoms with E-state index in [1.54, 1.807) is 6.20 Å². The van der Waals surface area contributed by atoms with Crippen LogP contribution in [0, 0.1) is 5.92 Å². The summed E-state index contributed by atoms with van der Waals surface area (Å²) in [4.78, 5) is 4.36. The maximum Gasteiger partial charge on any atom is 0.204 e. The Bertz CT molecular complexity index is 1410. The summed E-state index contributed by atoms with van der Waals surface area (Å²) in [7, 11) is 0. The second-order valence-corrected chi connectivity index (χ2v) is 8.00. The van der Waals surface area contributed by atoms with Crippen molar-refractivity contribution in [2.24, 2.45) is 5.92 Å². The van der Waals surface area contributed by atoms with Gasteiger partial charge in [0.25, 0.3) is 0 Å². The zero-order valence-electron chi connectivity index (χ0n) is 17.0. The molecule has 0 aliphatic heterocycles. The van der Waals surface area contributed by atoms with Gasteiger partial charge in [-0.05, 0) is 65.1 Å². The highest BCUT2D eigenvalue weighted by Gasteiger charge is 2.19. The van der Waals surface area contributed by atoms with E-state index >= 15 is 0 Å². The fourth-order valence-corrected chi connectivity index (χ4v) is 4.47. The van der Waals surface area contributed by atoms with Gasteiger partial charge < -0.3 is 4.57 Å². The molecule has 150 valence electrons. The smallest absolute Gasteiger partial charge is 0.204 e. The van der Waals surface area contributed by atoms with Crippen LogP contribution in [-0.2, 0) is 6.42 Å². The highest BCUT2D eigenvalue weighted by atomic mass is 15.5. The Morgan fingerprint density at radius 1 is 1.03 bits per heavy atom. The molecule has 0 amide bonds. The largest absolute Gasteiger partial charge is 0.309 e. The second-order valence-electron chi connectivity index (χ2n) is 8.00. The number of rotatable bonds is 3. The molecule has 3 aromatic heterocycles. The molecule has 3 heterocycles. The minimum Gasteiger partial charge on any atom is -0.309 e. The number of nitrogens with zero attached hydrogens (tertiary/aromatic N) is 5. The SMILES string of the molecule is C[C@H]1C=Cc2c(ccc3c2cc(-c2cccnc2)n3-c2cccc(-c3nn[nH]n3)c2)C1. The number of pyridine rings is 1. The van der Waals surface area contributed by atoms with Gasteiger partial charge in [-0.1, -0.05) is 37.3 Å². The predicted molar refractivity (Wildman–Crippen MR) is 122 cm³/mol. The van der Waals surface area contributed by atoms with Gasteiger partial charge in [-0.25, -0.2) is 0 Å². The molecular weight excluding hydrogens is 384 g/mol. The van der Waals surface area contributed by atoms with Crippen LogP contribution < -0.4 is 0 Å². The third-order valence-corrected chi connectivity index (χ3v) is 5.92. The molecule has 0 bridgehead atoms. The quantitative estimate of drug-likeness (QED) is 0.455. The van der Waals surface area contributed by atoms with E-state index in [1.807, 2.05) is 24.4 Å². The zero-order chi connectivity index (χ0) is 20.8. The van der Waals surface area contributed by atoms with Crippen molar-refractivity contribution < 1.29 is 0 Å². The van der Waals surface area contributed by atoms with Gasteiger partial charge in [0, 0.05) is 34.6 Å². The highest BCUT2D eigenvalue weighted by Crippen LogP contribution is 2.37. The molecule has 5 aromatic rings. The van der Waals surface area contributed by atoms with E-state index in [0.29, 0.717) is 11.7 Å². The molecule has 0 unspecified atom stereocenters. The first-order valence-electron chi connectivity index (χ1n) is 10.4. The average Bonchev–Trinajstić information content (AvgIpc) is 3.48. The second kappa shape index (κ2) is 7.02. The molecule has 1 atom stereocenters. The van der Waals surface area contributed by atoms with Gasteiger partial charge in [0.2, 0.25) is 5.82 Å². The number of nitrogens with one attached hydrogen (secondary N) is 1. The lowest BCUT2D eigenvalue weighted by Crippen LogP contribution is -2.03. The van der Waals surface area contributed by atoms with E-state index in [2.05, 4.69) is 85.6 Å². The van der Waals surface area contributed by atoms with Crippen molar-refractivity contribution in [1.82, 2.24) is 30.2 Å².